The lowest BCUT2D eigenvalue weighted by atomic mass is 10.1. The predicted molar refractivity (Wildman–Crippen MR) is 60.9 cm³/mol. The number of rotatable bonds is 3. The Hall–Kier alpha value is -2.17. The molecule has 0 fully saturated rings. The third-order valence-electron chi connectivity index (χ3n) is 2.34. The Bertz CT molecular complexity index is 523. The van der Waals surface area contributed by atoms with Gasteiger partial charge in [-0.05, 0) is 24.6 Å². The van der Waals surface area contributed by atoms with Crippen molar-refractivity contribution in [1.29, 1.82) is 0 Å². The van der Waals surface area contributed by atoms with Crippen LogP contribution in [0.2, 0.25) is 0 Å². The van der Waals surface area contributed by atoms with Gasteiger partial charge in [0.05, 0.1) is 12.1 Å². The third-order valence-corrected chi connectivity index (χ3v) is 2.34. The van der Waals surface area contributed by atoms with Crippen LogP contribution in [0, 0.1) is 12.7 Å². The number of nitrogens with zero attached hydrogens (tertiary/aromatic N) is 1. The quantitative estimate of drug-likeness (QED) is 0.849. The molecule has 0 aliphatic rings. The van der Waals surface area contributed by atoms with E-state index in [4.69, 9.17) is 0 Å². The van der Waals surface area contributed by atoms with Gasteiger partial charge in [-0.2, -0.15) is 0 Å². The lowest BCUT2D eigenvalue weighted by Crippen LogP contribution is -2.24. The molecule has 1 amide bonds. The van der Waals surface area contributed by atoms with Crippen molar-refractivity contribution in [1.82, 2.24) is 15.3 Å². The minimum atomic E-state index is -0.512. The van der Waals surface area contributed by atoms with Crippen LogP contribution in [0.15, 0.2) is 30.6 Å². The van der Waals surface area contributed by atoms with E-state index in [1.165, 1.54) is 12.1 Å². The molecule has 0 bridgehead atoms. The first-order valence-electron chi connectivity index (χ1n) is 5.19. The van der Waals surface area contributed by atoms with Crippen molar-refractivity contribution in [3.05, 3.63) is 53.4 Å². The van der Waals surface area contributed by atoms with Crippen LogP contribution in [-0.4, -0.2) is 15.9 Å². The Balaban J connectivity index is 2.04. The van der Waals surface area contributed by atoms with Crippen LogP contribution < -0.4 is 5.32 Å². The molecule has 1 aromatic heterocycles. The average Bonchev–Trinajstić information content (AvgIpc) is 2.78. The van der Waals surface area contributed by atoms with Crippen LogP contribution in [0.4, 0.5) is 4.39 Å². The smallest absolute Gasteiger partial charge is 0.254 e. The van der Waals surface area contributed by atoms with Gasteiger partial charge in [-0.3, -0.25) is 4.79 Å². The monoisotopic (exact) mass is 233 g/mol. The van der Waals surface area contributed by atoms with Crippen molar-refractivity contribution >= 4 is 5.91 Å². The maximum absolute atomic E-state index is 13.5. The van der Waals surface area contributed by atoms with Crippen LogP contribution in [0.5, 0.6) is 0 Å². The van der Waals surface area contributed by atoms with E-state index in [9.17, 15) is 9.18 Å². The number of imidazole rings is 1. The maximum atomic E-state index is 13.5. The second-order valence-electron chi connectivity index (χ2n) is 3.70. The van der Waals surface area contributed by atoms with Crippen molar-refractivity contribution in [3.8, 4) is 0 Å². The van der Waals surface area contributed by atoms with E-state index in [-0.39, 0.29) is 12.1 Å². The number of H-pyrrole nitrogens is 1. The van der Waals surface area contributed by atoms with Gasteiger partial charge in [-0.1, -0.05) is 6.07 Å². The number of halogens is 1. The number of benzene rings is 1. The molecule has 2 rings (SSSR count). The van der Waals surface area contributed by atoms with E-state index in [1.54, 1.807) is 25.4 Å². The van der Waals surface area contributed by atoms with Crippen LogP contribution in [0.1, 0.15) is 21.7 Å². The molecule has 0 saturated heterocycles. The maximum Gasteiger partial charge on any atom is 0.254 e. The molecular weight excluding hydrogens is 221 g/mol. The first kappa shape index (κ1) is 11.3. The number of nitrogens with one attached hydrogen (secondary N) is 2. The summed E-state index contributed by atoms with van der Waals surface area (Å²) < 4.78 is 13.5. The highest BCUT2D eigenvalue weighted by Crippen LogP contribution is 2.09. The molecule has 0 aliphatic carbocycles. The standard InChI is InChI=1S/C12H12FN3O/c1-8-2-3-9(10(13)6-8)12(17)16-7-11-14-4-5-15-11/h2-6H,7H2,1H3,(H,14,15)(H,16,17). The van der Waals surface area contributed by atoms with Crippen molar-refractivity contribution in [2.45, 2.75) is 13.5 Å². The van der Waals surface area contributed by atoms with E-state index < -0.39 is 11.7 Å². The van der Waals surface area contributed by atoms with Gasteiger partial charge in [0.1, 0.15) is 11.6 Å². The number of carbonyl (C=O) groups is 1. The molecular formula is C12H12FN3O. The molecule has 2 aromatic rings. The van der Waals surface area contributed by atoms with Gasteiger partial charge in [-0.25, -0.2) is 9.37 Å². The molecule has 88 valence electrons. The normalized spacial score (nSPS) is 10.2. The molecule has 0 spiro atoms. The summed E-state index contributed by atoms with van der Waals surface area (Å²) in [5.74, 6) is -0.327. The SMILES string of the molecule is Cc1ccc(C(=O)NCc2ncc[nH]2)c(F)c1. The summed E-state index contributed by atoms with van der Waals surface area (Å²) in [5, 5.41) is 2.59. The van der Waals surface area contributed by atoms with Gasteiger partial charge in [0, 0.05) is 12.4 Å². The molecule has 5 heteroatoms. The van der Waals surface area contributed by atoms with Crippen molar-refractivity contribution in [2.75, 3.05) is 0 Å². The number of aryl methyl sites for hydroxylation is 1. The Labute approximate surface area is 97.9 Å². The van der Waals surface area contributed by atoms with E-state index in [1.807, 2.05) is 0 Å². The number of amides is 1. The Morgan fingerprint density at radius 1 is 1.53 bits per heavy atom. The molecule has 0 saturated carbocycles. The summed E-state index contributed by atoms with van der Waals surface area (Å²) in [5.41, 5.74) is 0.826. The van der Waals surface area contributed by atoms with E-state index in [0.717, 1.165) is 5.56 Å². The molecule has 1 heterocycles. The van der Waals surface area contributed by atoms with Crippen LogP contribution in [0.25, 0.3) is 0 Å². The van der Waals surface area contributed by atoms with E-state index in [2.05, 4.69) is 15.3 Å². The number of carbonyl (C=O) groups excluding carboxylic acids is 1. The zero-order valence-corrected chi connectivity index (χ0v) is 9.33. The molecule has 0 aliphatic heterocycles. The Morgan fingerprint density at radius 2 is 2.35 bits per heavy atom. The highest BCUT2D eigenvalue weighted by atomic mass is 19.1. The second-order valence-corrected chi connectivity index (χ2v) is 3.70. The molecule has 0 unspecified atom stereocenters. The number of hydrogen-bond acceptors (Lipinski definition) is 2. The topological polar surface area (TPSA) is 57.8 Å². The minimum Gasteiger partial charge on any atom is -0.347 e. The highest BCUT2D eigenvalue weighted by Gasteiger charge is 2.11. The molecule has 1 aromatic carbocycles. The first-order valence-corrected chi connectivity index (χ1v) is 5.19. The number of aromatic amines is 1. The summed E-state index contributed by atoms with van der Waals surface area (Å²) >= 11 is 0. The second kappa shape index (κ2) is 4.78. The predicted octanol–water partition coefficient (Wildman–Crippen LogP) is 1.79. The zero-order chi connectivity index (χ0) is 12.3. The van der Waals surface area contributed by atoms with Crippen LogP contribution in [0.3, 0.4) is 0 Å². The lowest BCUT2D eigenvalue weighted by molar-refractivity contribution is 0.0946. The van der Waals surface area contributed by atoms with Gasteiger partial charge in [0.15, 0.2) is 0 Å². The summed E-state index contributed by atoms with van der Waals surface area (Å²) in [6.07, 6.45) is 3.25. The van der Waals surface area contributed by atoms with Gasteiger partial charge in [0.25, 0.3) is 5.91 Å². The van der Waals surface area contributed by atoms with Crippen molar-refractivity contribution in [3.63, 3.8) is 0 Å². The Kier molecular flexibility index (Phi) is 3.18. The third kappa shape index (κ3) is 2.69. The molecule has 0 radical (unpaired) electrons. The van der Waals surface area contributed by atoms with Gasteiger partial charge >= 0.3 is 0 Å². The van der Waals surface area contributed by atoms with Crippen LogP contribution >= 0.6 is 0 Å². The molecule has 2 N–H and O–H groups in total. The minimum absolute atomic E-state index is 0.0437. The van der Waals surface area contributed by atoms with E-state index >= 15 is 0 Å². The average molecular weight is 233 g/mol. The first-order chi connectivity index (χ1) is 8.16. The zero-order valence-electron chi connectivity index (χ0n) is 9.33. The van der Waals surface area contributed by atoms with Crippen molar-refractivity contribution in [2.24, 2.45) is 0 Å². The summed E-state index contributed by atoms with van der Waals surface area (Å²) in [6, 6.07) is 4.51. The fraction of sp³-hybridized carbons (Fsp3) is 0.167. The molecule has 4 nitrogen and oxygen atoms in total. The number of hydrogen-bond donors (Lipinski definition) is 2. The largest absolute Gasteiger partial charge is 0.347 e. The fourth-order valence-corrected chi connectivity index (χ4v) is 1.46. The van der Waals surface area contributed by atoms with Gasteiger partial charge in [-0.15, -0.1) is 0 Å². The highest BCUT2D eigenvalue weighted by molar-refractivity contribution is 5.94. The molecule has 17 heavy (non-hydrogen) atoms. The van der Waals surface area contributed by atoms with Crippen LogP contribution in [-0.2, 0) is 6.54 Å². The van der Waals surface area contributed by atoms with Gasteiger partial charge < -0.3 is 10.3 Å². The summed E-state index contributed by atoms with van der Waals surface area (Å²) in [7, 11) is 0. The van der Waals surface area contributed by atoms with E-state index in [0.29, 0.717) is 5.82 Å². The Morgan fingerprint density at radius 3 is 3.00 bits per heavy atom. The van der Waals surface area contributed by atoms with Gasteiger partial charge in [0.2, 0.25) is 0 Å². The molecule has 0 atom stereocenters. The summed E-state index contributed by atoms with van der Waals surface area (Å²) in [6.45, 7) is 2.02. The lowest BCUT2D eigenvalue weighted by Gasteiger charge is -2.05. The number of aromatic nitrogens is 2. The summed E-state index contributed by atoms with van der Waals surface area (Å²) in [4.78, 5) is 18.5. The van der Waals surface area contributed by atoms with Crippen molar-refractivity contribution < 1.29 is 9.18 Å². The fourth-order valence-electron chi connectivity index (χ4n) is 1.46.